The molecule has 1 aromatic heterocycles. The number of rotatable bonds is 8. The van der Waals surface area contributed by atoms with Crippen LogP contribution in [0.1, 0.15) is 12.7 Å². The summed E-state index contributed by atoms with van der Waals surface area (Å²) in [5, 5.41) is 17.5. The summed E-state index contributed by atoms with van der Waals surface area (Å²) in [4.78, 5) is 23.8. The van der Waals surface area contributed by atoms with Crippen molar-refractivity contribution in [3.63, 3.8) is 0 Å². The highest BCUT2D eigenvalue weighted by molar-refractivity contribution is 7.99. The van der Waals surface area contributed by atoms with Crippen LogP contribution in [0.15, 0.2) is 40.7 Å². The molecule has 0 aliphatic carbocycles. The van der Waals surface area contributed by atoms with Crippen molar-refractivity contribution in [2.75, 3.05) is 19.5 Å². The van der Waals surface area contributed by atoms with Crippen LogP contribution in [-0.2, 0) is 14.3 Å². The average Bonchev–Trinajstić information content (AvgIpc) is 3.05. The minimum atomic E-state index is -0.645. The lowest BCUT2D eigenvalue weighted by atomic mass is 10.1. The number of nitriles is 1. The molecule has 10 heteroatoms. The molecule has 0 saturated carbocycles. The van der Waals surface area contributed by atoms with Crippen LogP contribution in [0.3, 0.4) is 0 Å². The second-order valence-corrected chi connectivity index (χ2v) is 6.52. The van der Waals surface area contributed by atoms with E-state index in [9.17, 15) is 9.59 Å². The highest BCUT2D eigenvalue weighted by atomic mass is 32.2. The van der Waals surface area contributed by atoms with Crippen LogP contribution in [-0.4, -0.2) is 46.0 Å². The van der Waals surface area contributed by atoms with Crippen molar-refractivity contribution in [2.45, 2.75) is 19.0 Å². The molecule has 0 fully saturated rings. The van der Waals surface area contributed by atoms with Gasteiger partial charge in [0.05, 0.1) is 18.6 Å². The second-order valence-electron chi connectivity index (χ2n) is 5.58. The van der Waals surface area contributed by atoms with Crippen molar-refractivity contribution in [2.24, 2.45) is 5.73 Å². The largest absolute Gasteiger partial charge is 0.495 e. The molecule has 0 spiro atoms. The second kappa shape index (κ2) is 9.57. The van der Waals surface area contributed by atoms with E-state index >= 15 is 0 Å². The number of esters is 1. The van der Waals surface area contributed by atoms with E-state index in [1.807, 2.05) is 24.3 Å². The fourth-order valence-corrected chi connectivity index (χ4v) is 3.07. The summed E-state index contributed by atoms with van der Waals surface area (Å²) in [7, 11) is 1.56. The van der Waals surface area contributed by atoms with E-state index in [1.165, 1.54) is 6.92 Å². The maximum absolute atomic E-state index is 12.0. The van der Waals surface area contributed by atoms with E-state index in [1.54, 1.807) is 24.7 Å². The lowest BCUT2D eigenvalue weighted by molar-refractivity contribution is -0.144. The molecule has 0 aliphatic heterocycles. The van der Waals surface area contributed by atoms with E-state index in [2.05, 4.69) is 10.2 Å². The van der Waals surface area contributed by atoms with Crippen molar-refractivity contribution >= 4 is 23.5 Å². The Morgan fingerprint density at radius 3 is 2.68 bits per heavy atom. The van der Waals surface area contributed by atoms with E-state index in [-0.39, 0.29) is 17.0 Å². The summed E-state index contributed by atoms with van der Waals surface area (Å²) in [6.45, 7) is 2.67. The number of aromatic nitrogens is 3. The number of nitrogens with zero attached hydrogens (tertiary/aromatic N) is 4. The Balaban J connectivity index is 2.05. The van der Waals surface area contributed by atoms with Crippen molar-refractivity contribution in [1.29, 1.82) is 5.26 Å². The van der Waals surface area contributed by atoms with Gasteiger partial charge in [0.2, 0.25) is 5.78 Å². The Bertz CT molecular complexity index is 957. The van der Waals surface area contributed by atoms with Gasteiger partial charge in [0, 0.05) is 5.70 Å². The van der Waals surface area contributed by atoms with Crippen molar-refractivity contribution in [3.8, 4) is 17.5 Å². The van der Waals surface area contributed by atoms with Crippen molar-refractivity contribution in [3.05, 3.63) is 41.4 Å². The molecule has 146 valence electrons. The van der Waals surface area contributed by atoms with Crippen LogP contribution in [0, 0.1) is 18.3 Å². The zero-order chi connectivity index (χ0) is 20.7. The topological polar surface area (TPSA) is 133 Å². The monoisotopic (exact) mass is 401 g/mol. The highest BCUT2D eigenvalue weighted by Gasteiger charge is 2.18. The van der Waals surface area contributed by atoms with Gasteiger partial charge in [-0.2, -0.15) is 5.26 Å². The van der Waals surface area contributed by atoms with Gasteiger partial charge in [-0.05, 0) is 26.0 Å². The molecular formula is C18H19N5O4S. The number of methoxy groups -OCH3 is 1. The van der Waals surface area contributed by atoms with E-state index in [0.29, 0.717) is 16.7 Å². The Hall–Kier alpha value is -3.32. The molecule has 2 aromatic rings. The number of ether oxygens (including phenoxy) is 2. The number of allylic oxidation sites excluding steroid dienone is 1. The molecule has 9 nitrogen and oxygen atoms in total. The number of hydrogen-bond acceptors (Lipinski definition) is 9. The molecular weight excluding hydrogens is 382 g/mol. The van der Waals surface area contributed by atoms with Crippen LogP contribution < -0.4 is 10.5 Å². The molecule has 0 saturated heterocycles. The molecule has 0 radical (unpaired) electrons. The smallest absolute Gasteiger partial charge is 0.316 e. The minimum Gasteiger partial charge on any atom is -0.495 e. The molecule has 0 atom stereocenters. The van der Waals surface area contributed by atoms with Gasteiger partial charge in [-0.15, -0.1) is 10.2 Å². The zero-order valence-electron chi connectivity index (χ0n) is 15.6. The summed E-state index contributed by atoms with van der Waals surface area (Å²) in [5.41, 5.74) is 6.05. The van der Waals surface area contributed by atoms with Crippen LogP contribution in [0.4, 0.5) is 0 Å². The molecule has 0 unspecified atom stereocenters. The molecule has 2 rings (SSSR count). The summed E-state index contributed by atoms with van der Waals surface area (Å²) in [5.74, 6) is -0.106. The van der Waals surface area contributed by atoms with E-state index in [4.69, 9.17) is 20.5 Å². The van der Waals surface area contributed by atoms with Gasteiger partial charge >= 0.3 is 5.97 Å². The first-order valence-corrected chi connectivity index (χ1v) is 9.11. The average molecular weight is 401 g/mol. The number of thioether (sulfide) groups is 1. The number of benzene rings is 1. The first kappa shape index (κ1) is 21.0. The summed E-state index contributed by atoms with van der Waals surface area (Å²) >= 11 is 1.11. The Labute approximate surface area is 166 Å². The number of aryl methyl sites for hydroxylation is 1. The number of carbonyl (C=O) groups excluding carboxylic acids is 2. The zero-order valence-corrected chi connectivity index (χ0v) is 16.4. The fraction of sp³-hybridized carbons (Fsp3) is 0.278. The highest BCUT2D eigenvalue weighted by Crippen LogP contribution is 2.28. The lowest BCUT2D eigenvalue weighted by Crippen LogP contribution is -2.18. The summed E-state index contributed by atoms with van der Waals surface area (Å²) in [6.07, 6.45) is 0. The molecule has 28 heavy (non-hydrogen) atoms. The van der Waals surface area contributed by atoms with Gasteiger partial charge in [0.15, 0.2) is 11.8 Å². The number of para-hydroxylation sites is 2. The third kappa shape index (κ3) is 4.89. The third-order valence-corrected chi connectivity index (χ3v) is 4.49. The van der Waals surface area contributed by atoms with E-state index in [0.717, 1.165) is 17.4 Å². The van der Waals surface area contributed by atoms with Gasteiger partial charge in [0.1, 0.15) is 23.2 Å². The summed E-state index contributed by atoms with van der Waals surface area (Å²) < 4.78 is 12.0. The van der Waals surface area contributed by atoms with Gasteiger partial charge in [-0.25, -0.2) is 0 Å². The SMILES string of the molecule is COc1ccccc1-n1c(C)nnc1SCC(=O)OCC(=O)/C(C#N)=C(\C)N. The van der Waals surface area contributed by atoms with Gasteiger partial charge in [-0.3, -0.25) is 14.2 Å². The molecule has 0 amide bonds. The van der Waals surface area contributed by atoms with Gasteiger partial charge in [-0.1, -0.05) is 23.9 Å². The molecule has 0 bridgehead atoms. The maximum Gasteiger partial charge on any atom is 0.316 e. The van der Waals surface area contributed by atoms with Crippen LogP contribution in [0.5, 0.6) is 5.75 Å². The van der Waals surface area contributed by atoms with Crippen LogP contribution in [0.25, 0.3) is 5.69 Å². The predicted molar refractivity (Wildman–Crippen MR) is 102 cm³/mol. The number of hydrogen-bond donors (Lipinski definition) is 1. The first-order valence-electron chi connectivity index (χ1n) is 8.12. The Morgan fingerprint density at radius 2 is 2.04 bits per heavy atom. The molecule has 2 N–H and O–H groups in total. The van der Waals surface area contributed by atoms with Crippen LogP contribution >= 0.6 is 11.8 Å². The van der Waals surface area contributed by atoms with Crippen LogP contribution in [0.2, 0.25) is 0 Å². The fourth-order valence-electron chi connectivity index (χ4n) is 2.28. The van der Waals surface area contributed by atoms with Crippen molar-refractivity contribution < 1.29 is 19.1 Å². The molecule has 0 aliphatic rings. The third-order valence-electron chi connectivity index (χ3n) is 3.59. The number of Topliss-reactive ketones (excluding diaryl/α,β-unsaturated/α-hetero) is 1. The molecule has 1 heterocycles. The standard InChI is InChI=1S/C18H19N5O4S/c1-11(20)13(8-19)15(24)9-27-17(25)10-28-18-22-21-12(2)23(18)14-6-4-5-7-16(14)26-3/h4-7H,9-10,20H2,1-3H3/b13-11+. The minimum absolute atomic E-state index is 0.0818. The van der Waals surface area contributed by atoms with Gasteiger partial charge in [0.25, 0.3) is 0 Å². The summed E-state index contributed by atoms with van der Waals surface area (Å²) in [6, 6.07) is 9.05. The van der Waals surface area contributed by atoms with Crippen molar-refractivity contribution in [1.82, 2.24) is 14.8 Å². The predicted octanol–water partition coefficient (Wildman–Crippen LogP) is 1.54. The number of carbonyl (C=O) groups is 2. The van der Waals surface area contributed by atoms with E-state index < -0.39 is 18.4 Å². The first-order chi connectivity index (χ1) is 13.4. The maximum atomic E-state index is 12.0. The quantitative estimate of drug-likeness (QED) is 0.302. The number of nitrogens with two attached hydrogens (primary N) is 1. The molecule has 1 aromatic carbocycles. The number of ketones is 1. The Kier molecular flexibility index (Phi) is 7.17. The van der Waals surface area contributed by atoms with Gasteiger partial charge < -0.3 is 15.2 Å². The lowest BCUT2D eigenvalue weighted by Gasteiger charge is -2.12. The normalized spacial score (nSPS) is 11.4. The Morgan fingerprint density at radius 1 is 1.32 bits per heavy atom.